The fourth-order valence-corrected chi connectivity index (χ4v) is 1.65. The van der Waals surface area contributed by atoms with Crippen LogP contribution in [0.25, 0.3) is 0 Å². The van der Waals surface area contributed by atoms with Gasteiger partial charge >= 0.3 is 5.97 Å². The quantitative estimate of drug-likeness (QED) is 0.696. The van der Waals surface area contributed by atoms with Crippen molar-refractivity contribution in [3.05, 3.63) is 18.0 Å². The van der Waals surface area contributed by atoms with Crippen LogP contribution in [0, 0.1) is 0 Å². The number of ether oxygens (including phenoxy) is 1. The molecule has 5 heteroatoms. The number of nitrogens with zero attached hydrogens (tertiary/aromatic N) is 3. The van der Waals surface area contributed by atoms with Crippen LogP contribution in [0.5, 0.6) is 0 Å². The van der Waals surface area contributed by atoms with E-state index in [1.165, 1.54) is 0 Å². The van der Waals surface area contributed by atoms with Crippen LogP contribution in [0.1, 0.15) is 38.9 Å². The van der Waals surface area contributed by atoms with Crippen molar-refractivity contribution in [1.29, 1.82) is 0 Å². The van der Waals surface area contributed by atoms with Gasteiger partial charge in [-0.1, -0.05) is 6.92 Å². The summed E-state index contributed by atoms with van der Waals surface area (Å²) in [6.07, 6.45) is 3.04. The van der Waals surface area contributed by atoms with Crippen molar-refractivity contribution in [3.63, 3.8) is 0 Å². The molecule has 102 valence electrons. The smallest absolute Gasteiger partial charge is 0.320 e. The predicted molar refractivity (Wildman–Crippen MR) is 70.2 cm³/mol. The van der Waals surface area contributed by atoms with Gasteiger partial charge in [-0.2, -0.15) is 5.10 Å². The van der Waals surface area contributed by atoms with Crippen LogP contribution >= 0.6 is 0 Å². The molecule has 0 amide bonds. The fourth-order valence-electron chi connectivity index (χ4n) is 1.65. The first-order chi connectivity index (χ1) is 8.56. The van der Waals surface area contributed by atoms with Crippen molar-refractivity contribution in [3.8, 4) is 0 Å². The third kappa shape index (κ3) is 4.49. The van der Waals surface area contributed by atoms with Crippen molar-refractivity contribution in [2.75, 3.05) is 20.2 Å². The monoisotopic (exact) mass is 253 g/mol. The van der Waals surface area contributed by atoms with Gasteiger partial charge in [-0.05, 0) is 33.4 Å². The fraction of sp³-hybridized carbons (Fsp3) is 0.692. The molecule has 0 radical (unpaired) electrons. The SMILES string of the molecule is CCOC(=O)CN(C)Cc1ccn(C(C)CC)n1. The Hall–Kier alpha value is -1.36. The number of esters is 1. The molecule has 1 rings (SSSR count). The maximum Gasteiger partial charge on any atom is 0.320 e. The summed E-state index contributed by atoms with van der Waals surface area (Å²) in [6.45, 7) is 7.46. The first-order valence-corrected chi connectivity index (χ1v) is 6.45. The Kier molecular flexibility index (Phi) is 5.85. The minimum Gasteiger partial charge on any atom is -0.465 e. The maximum atomic E-state index is 11.3. The average molecular weight is 253 g/mol. The summed E-state index contributed by atoms with van der Waals surface area (Å²) < 4.78 is 6.87. The molecule has 0 bridgehead atoms. The summed E-state index contributed by atoms with van der Waals surface area (Å²) >= 11 is 0. The van der Waals surface area contributed by atoms with E-state index in [2.05, 4.69) is 18.9 Å². The number of carbonyl (C=O) groups is 1. The molecule has 0 aliphatic carbocycles. The summed E-state index contributed by atoms with van der Waals surface area (Å²) in [6, 6.07) is 2.41. The average Bonchev–Trinajstić information content (AvgIpc) is 2.76. The van der Waals surface area contributed by atoms with Crippen LogP contribution in [0.15, 0.2) is 12.3 Å². The van der Waals surface area contributed by atoms with Crippen LogP contribution in [-0.2, 0) is 16.1 Å². The van der Waals surface area contributed by atoms with Gasteiger partial charge in [-0.3, -0.25) is 14.4 Å². The molecule has 1 aromatic heterocycles. The highest BCUT2D eigenvalue weighted by atomic mass is 16.5. The van der Waals surface area contributed by atoms with E-state index in [1.54, 1.807) is 0 Å². The summed E-state index contributed by atoms with van der Waals surface area (Å²) in [5.74, 6) is -0.193. The molecule has 5 nitrogen and oxygen atoms in total. The van der Waals surface area contributed by atoms with Gasteiger partial charge in [0.05, 0.1) is 18.8 Å². The Morgan fingerprint density at radius 3 is 2.89 bits per heavy atom. The van der Waals surface area contributed by atoms with E-state index in [0.717, 1.165) is 12.1 Å². The number of hydrogen-bond acceptors (Lipinski definition) is 4. The second-order valence-corrected chi connectivity index (χ2v) is 4.52. The Balaban J connectivity index is 2.46. The third-order valence-corrected chi connectivity index (χ3v) is 2.84. The molecule has 0 fully saturated rings. The molecule has 1 aromatic rings. The number of likely N-dealkylation sites (N-methyl/N-ethyl adjacent to an activating group) is 1. The van der Waals surface area contributed by atoms with Crippen LogP contribution in [-0.4, -0.2) is 40.8 Å². The lowest BCUT2D eigenvalue weighted by molar-refractivity contribution is -0.144. The molecule has 1 unspecified atom stereocenters. The molecule has 0 spiro atoms. The van der Waals surface area contributed by atoms with Gasteiger partial charge in [-0.25, -0.2) is 0 Å². The zero-order valence-corrected chi connectivity index (χ0v) is 11.7. The predicted octanol–water partition coefficient (Wildman–Crippen LogP) is 1.85. The van der Waals surface area contributed by atoms with Gasteiger partial charge in [0, 0.05) is 18.8 Å². The molecule has 0 aliphatic rings. The minimum atomic E-state index is -0.193. The third-order valence-electron chi connectivity index (χ3n) is 2.84. The van der Waals surface area contributed by atoms with E-state index < -0.39 is 0 Å². The van der Waals surface area contributed by atoms with Gasteiger partial charge < -0.3 is 4.74 Å². The van der Waals surface area contributed by atoms with Gasteiger partial charge in [-0.15, -0.1) is 0 Å². The first-order valence-electron chi connectivity index (χ1n) is 6.45. The van der Waals surface area contributed by atoms with Crippen LogP contribution in [0.2, 0.25) is 0 Å². The van der Waals surface area contributed by atoms with Gasteiger partial charge in [0.2, 0.25) is 0 Å². The van der Waals surface area contributed by atoms with Crippen molar-refractivity contribution < 1.29 is 9.53 Å². The second kappa shape index (κ2) is 7.16. The van der Waals surface area contributed by atoms with Crippen molar-refractivity contribution in [2.24, 2.45) is 0 Å². The zero-order chi connectivity index (χ0) is 13.5. The molecule has 0 saturated carbocycles. The highest BCUT2D eigenvalue weighted by Crippen LogP contribution is 2.10. The highest BCUT2D eigenvalue weighted by molar-refractivity contribution is 5.71. The number of carbonyl (C=O) groups excluding carboxylic acids is 1. The number of hydrogen-bond donors (Lipinski definition) is 0. The van der Waals surface area contributed by atoms with Crippen LogP contribution in [0.4, 0.5) is 0 Å². The van der Waals surface area contributed by atoms with Crippen LogP contribution < -0.4 is 0 Å². The lowest BCUT2D eigenvalue weighted by atomic mass is 10.3. The lowest BCUT2D eigenvalue weighted by Crippen LogP contribution is -2.27. The highest BCUT2D eigenvalue weighted by Gasteiger charge is 2.10. The zero-order valence-electron chi connectivity index (χ0n) is 11.7. The van der Waals surface area contributed by atoms with E-state index in [4.69, 9.17) is 4.74 Å². The summed E-state index contributed by atoms with van der Waals surface area (Å²) in [4.78, 5) is 13.2. The molecule has 18 heavy (non-hydrogen) atoms. The van der Waals surface area contributed by atoms with Gasteiger partial charge in [0.15, 0.2) is 0 Å². The molecule has 0 saturated heterocycles. The summed E-state index contributed by atoms with van der Waals surface area (Å²) in [5.41, 5.74) is 0.974. The second-order valence-electron chi connectivity index (χ2n) is 4.52. The molecule has 0 aliphatic heterocycles. The Morgan fingerprint density at radius 2 is 2.28 bits per heavy atom. The Bertz CT molecular complexity index is 376. The number of rotatable bonds is 7. The minimum absolute atomic E-state index is 0.193. The number of aromatic nitrogens is 2. The van der Waals surface area contributed by atoms with Crippen molar-refractivity contribution >= 4 is 5.97 Å². The van der Waals surface area contributed by atoms with E-state index in [-0.39, 0.29) is 5.97 Å². The molecule has 0 N–H and O–H groups in total. The van der Waals surface area contributed by atoms with Crippen molar-refractivity contribution in [1.82, 2.24) is 14.7 Å². The first kappa shape index (κ1) is 14.7. The van der Waals surface area contributed by atoms with Gasteiger partial charge in [0.1, 0.15) is 0 Å². The molecule has 0 aromatic carbocycles. The molecule has 1 atom stereocenters. The summed E-state index contributed by atoms with van der Waals surface area (Å²) in [7, 11) is 1.89. The molecular formula is C13H23N3O2. The van der Waals surface area contributed by atoms with E-state index in [0.29, 0.717) is 25.7 Å². The normalized spacial score (nSPS) is 12.7. The largest absolute Gasteiger partial charge is 0.465 e. The van der Waals surface area contributed by atoms with E-state index >= 15 is 0 Å². The van der Waals surface area contributed by atoms with Crippen molar-refractivity contribution in [2.45, 2.75) is 39.8 Å². The topological polar surface area (TPSA) is 47.4 Å². The Labute approximate surface area is 109 Å². The maximum absolute atomic E-state index is 11.3. The summed E-state index contributed by atoms with van der Waals surface area (Å²) in [5, 5.41) is 4.50. The van der Waals surface area contributed by atoms with Crippen LogP contribution in [0.3, 0.4) is 0 Å². The standard InChI is InChI=1S/C13H23N3O2/c1-5-11(3)16-8-7-12(14-16)9-15(4)10-13(17)18-6-2/h7-8,11H,5-6,9-10H2,1-4H3. The Morgan fingerprint density at radius 1 is 1.56 bits per heavy atom. The molecule has 1 heterocycles. The van der Waals surface area contributed by atoms with E-state index in [1.807, 2.05) is 35.8 Å². The van der Waals surface area contributed by atoms with Gasteiger partial charge in [0.25, 0.3) is 0 Å². The molecular weight excluding hydrogens is 230 g/mol. The lowest BCUT2D eigenvalue weighted by Gasteiger charge is -2.14. The van der Waals surface area contributed by atoms with E-state index in [9.17, 15) is 4.79 Å².